The Labute approximate surface area is 126 Å². The van der Waals surface area contributed by atoms with Gasteiger partial charge in [0.05, 0.1) is 6.54 Å². The maximum Gasteiger partial charge on any atom is 0.339 e. The van der Waals surface area contributed by atoms with Crippen LogP contribution >= 0.6 is 11.6 Å². The van der Waals surface area contributed by atoms with Gasteiger partial charge >= 0.3 is 5.97 Å². The molecule has 2 heterocycles. The molecule has 0 spiro atoms. The third-order valence-electron chi connectivity index (χ3n) is 3.30. The Hall–Kier alpha value is -2.27. The highest BCUT2D eigenvalue weighted by Crippen LogP contribution is 2.28. The summed E-state index contributed by atoms with van der Waals surface area (Å²) in [6.45, 7) is 0.461. The van der Waals surface area contributed by atoms with E-state index in [1.807, 2.05) is 24.3 Å². The number of aromatic carboxylic acids is 1. The predicted octanol–water partition coefficient (Wildman–Crippen LogP) is 2.85. The van der Waals surface area contributed by atoms with Gasteiger partial charge in [0.15, 0.2) is 0 Å². The van der Waals surface area contributed by atoms with Crippen LogP contribution in [-0.2, 0) is 6.42 Å². The predicted molar refractivity (Wildman–Crippen MR) is 79.3 cm³/mol. The van der Waals surface area contributed by atoms with Crippen LogP contribution in [0.15, 0.2) is 36.4 Å². The molecule has 6 heteroatoms. The first-order valence-electron chi connectivity index (χ1n) is 6.52. The van der Waals surface area contributed by atoms with E-state index in [2.05, 4.69) is 10.3 Å². The first kappa shape index (κ1) is 13.7. The Balaban J connectivity index is 1.69. The largest absolute Gasteiger partial charge is 0.488 e. The fraction of sp³-hybridized carbons (Fsp3) is 0.200. The standard InChI is InChI=1S/C15H13ClN2O3/c16-13-6-5-11(15(19)20)14(18-13)17-8-10-7-9-3-1-2-4-12(9)21-10/h1-6,10H,7-8H2,(H,17,18)(H,19,20). The molecule has 1 aromatic carbocycles. The summed E-state index contributed by atoms with van der Waals surface area (Å²) in [5, 5.41) is 12.4. The second kappa shape index (κ2) is 5.61. The Morgan fingerprint density at radius 1 is 1.38 bits per heavy atom. The van der Waals surface area contributed by atoms with E-state index in [1.54, 1.807) is 0 Å². The number of hydrogen-bond acceptors (Lipinski definition) is 4. The van der Waals surface area contributed by atoms with Gasteiger partial charge < -0.3 is 15.2 Å². The number of carboxylic acids is 1. The number of fused-ring (bicyclic) bond motifs is 1. The number of ether oxygens (including phenoxy) is 1. The first-order chi connectivity index (χ1) is 10.1. The average molecular weight is 305 g/mol. The molecule has 2 N–H and O–H groups in total. The summed E-state index contributed by atoms with van der Waals surface area (Å²) in [5.41, 5.74) is 1.25. The third kappa shape index (κ3) is 2.92. The highest BCUT2D eigenvalue weighted by Gasteiger charge is 2.23. The van der Waals surface area contributed by atoms with Crippen molar-refractivity contribution in [1.82, 2.24) is 4.98 Å². The summed E-state index contributed by atoms with van der Waals surface area (Å²) < 4.78 is 5.79. The number of benzene rings is 1. The molecule has 0 radical (unpaired) electrons. The van der Waals surface area contributed by atoms with E-state index in [9.17, 15) is 4.79 Å². The Bertz CT molecular complexity index is 665. The van der Waals surface area contributed by atoms with E-state index in [0.717, 1.165) is 17.7 Å². The summed E-state index contributed by atoms with van der Waals surface area (Å²) >= 11 is 5.81. The molecule has 1 aliphatic heterocycles. The molecule has 1 aliphatic rings. The molecule has 108 valence electrons. The maximum absolute atomic E-state index is 11.2. The molecule has 3 rings (SSSR count). The van der Waals surface area contributed by atoms with E-state index in [4.69, 9.17) is 21.4 Å². The number of anilines is 1. The van der Waals surface area contributed by atoms with Crippen LogP contribution in [0.5, 0.6) is 5.75 Å². The normalized spacial score (nSPS) is 16.1. The van der Waals surface area contributed by atoms with Gasteiger partial charge in [-0.3, -0.25) is 0 Å². The van der Waals surface area contributed by atoms with Gasteiger partial charge in [-0.05, 0) is 23.8 Å². The van der Waals surface area contributed by atoms with Crippen molar-refractivity contribution in [1.29, 1.82) is 0 Å². The van der Waals surface area contributed by atoms with Crippen LogP contribution in [0.4, 0.5) is 5.82 Å². The first-order valence-corrected chi connectivity index (χ1v) is 6.89. The summed E-state index contributed by atoms with van der Waals surface area (Å²) in [4.78, 5) is 15.2. The van der Waals surface area contributed by atoms with Crippen molar-refractivity contribution in [2.45, 2.75) is 12.5 Å². The van der Waals surface area contributed by atoms with Crippen molar-refractivity contribution in [3.8, 4) is 5.75 Å². The third-order valence-corrected chi connectivity index (χ3v) is 3.51. The zero-order chi connectivity index (χ0) is 14.8. The van der Waals surface area contributed by atoms with Crippen LogP contribution in [0.3, 0.4) is 0 Å². The van der Waals surface area contributed by atoms with Gasteiger partial charge in [0.1, 0.15) is 28.4 Å². The highest BCUT2D eigenvalue weighted by molar-refractivity contribution is 6.29. The second-order valence-electron chi connectivity index (χ2n) is 4.77. The topological polar surface area (TPSA) is 71.5 Å². The van der Waals surface area contributed by atoms with Gasteiger partial charge in [0.2, 0.25) is 0 Å². The molecule has 0 saturated heterocycles. The minimum absolute atomic E-state index is 0.0511. The lowest BCUT2D eigenvalue weighted by Crippen LogP contribution is -2.25. The van der Waals surface area contributed by atoms with Crippen molar-refractivity contribution in [3.05, 3.63) is 52.7 Å². The number of carbonyl (C=O) groups is 1. The Morgan fingerprint density at radius 3 is 2.95 bits per heavy atom. The SMILES string of the molecule is O=C(O)c1ccc(Cl)nc1NCC1Cc2ccccc2O1. The van der Waals surface area contributed by atoms with Gasteiger partial charge in [0.25, 0.3) is 0 Å². The van der Waals surface area contributed by atoms with E-state index in [1.165, 1.54) is 12.1 Å². The molecule has 0 saturated carbocycles. The number of hydrogen-bond donors (Lipinski definition) is 2. The molecule has 21 heavy (non-hydrogen) atoms. The molecule has 0 amide bonds. The minimum atomic E-state index is -1.04. The summed E-state index contributed by atoms with van der Waals surface area (Å²) in [5.74, 6) is 0.0914. The van der Waals surface area contributed by atoms with Crippen molar-refractivity contribution in [2.75, 3.05) is 11.9 Å². The zero-order valence-electron chi connectivity index (χ0n) is 11.0. The number of halogens is 1. The van der Waals surface area contributed by atoms with Crippen molar-refractivity contribution in [3.63, 3.8) is 0 Å². The summed E-state index contributed by atoms with van der Waals surface area (Å²) in [6.07, 6.45) is 0.733. The van der Waals surface area contributed by atoms with Gasteiger partial charge in [0, 0.05) is 6.42 Å². The van der Waals surface area contributed by atoms with Crippen LogP contribution in [0.25, 0.3) is 0 Å². The van der Waals surface area contributed by atoms with Crippen LogP contribution < -0.4 is 10.1 Å². The molecular formula is C15H13ClN2O3. The second-order valence-corrected chi connectivity index (χ2v) is 5.16. The molecule has 1 unspecified atom stereocenters. The van der Waals surface area contributed by atoms with Gasteiger partial charge in [-0.2, -0.15) is 0 Å². The number of aromatic nitrogens is 1. The molecule has 5 nitrogen and oxygen atoms in total. The van der Waals surface area contributed by atoms with Gasteiger partial charge in [-0.25, -0.2) is 9.78 Å². The molecule has 2 aromatic rings. The van der Waals surface area contributed by atoms with Crippen molar-refractivity contribution >= 4 is 23.4 Å². The number of nitrogens with one attached hydrogen (secondary N) is 1. The van der Waals surface area contributed by atoms with Crippen LogP contribution in [0.1, 0.15) is 15.9 Å². The number of rotatable bonds is 4. The van der Waals surface area contributed by atoms with Gasteiger partial charge in [-0.1, -0.05) is 29.8 Å². The van der Waals surface area contributed by atoms with Crippen molar-refractivity contribution < 1.29 is 14.6 Å². The summed E-state index contributed by atoms with van der Waals surface area (Å²) in [6, 6.07) is 10.7. The summed E-state index contributed by atoms with van der Waals surface area (Å²) in [7, 11) is 0. The van der Waals surface area contributed by atoms with Crippen molar-refractivity contribution in [2.24, 2.45) is 0 Å². The monoisotopic (exact) mass is 304 g/mol. The molecular weight excluding hydrogens is 292 g/mol. The zero-order valence-corrected chi connectivity index (χ0v) is 11.8. The van der Waals surface area contributed by atoms with E-state index in [0.29, 0.717) is 6.54 Å². The van der Waals surface area contributed by atoms with Crippen LogP contribution in [0, 0.1) is 0 Å². The molecule has 1 atom stereocenters. The molecule has 0 bridgehead atoms. The molecule has 0 fully saturated rings. The average Bonchev–Trinajstić information content (AvgIpc) is 2.87. The molecule has 0 aliphatic carbocycles. The highest BCUT2D eigenvalue weighted by atomic mass is 35.5. The lowest BCUT2D eigenvalue weighted by molar-refractivity contribution is 0.0697. The van der Waals surface area contributed by atoms with Crippen LogP contribution in [0.2, 0.25) is 5.15 Å². The fourth-order valence-corrected chi connectivity index (χ4v) is 2.47. The van der Waals surface area contributed by atoms with E-state index in [-0.39, 0.29) is 22.6 Å². The minimum Gasteiger partial charge on any atom is -0.488 e. The maximum atomic E-state index is 11.2. The van der Waals surface area contributed by atoms with E-state index >= 15 is 0 Å². The van der Waals surface area contributed by atoms with Crippen LogP contribution in [-0.4, -0.2) is 28.7 Å². The Kier molecular flexibility index (Phi) is 3.66. The number of pyridine rings is 1. The lowest BCUT2D eigenvalue weighted by atomic mass is 10.1. The fourth-order valence-electron chi connectivity index (χ4n) is 2.32. The molecule has 1 aromatic heterocycles. The smallest absolute Gasteiger partial charge is 0.339 e. The van der Waals surface area contributed by atoms with E-state index < -0.39 is 5.97 Å². The van der Waals surface area contributed by atoms with Gasteiger partial charge in [-0.15, -0.1) is 0 Å². The number of carboxylic acid groups (broad SMARTS) is 1. The lowest BCUT2D eigenvalue weighted by Gasteiger charge is -2.13. The number of nitrogens with zero attached hydrogens (tertiary/aromatic N) is 1. The number of para-hydroxylation sites is 1. The quantitative estimate of drug-likeness (QED) is 0.850. The Morgan fingerprint density at radius 2 is 2.19 bits per heavy atom.